The van der Waals surface area contributed by atoms with Crippen LogP contribution in [0.3, 0.4) is 0 Å². The number of carbonyl (C=O) groups is 2. The van der Waals surface area contributed by atoms with Gasteiger partial charge in [-0.3, -0.25) is 19.4 Å². The molecule has 10 heteroatoms. The Morgan fingerprint density at radius 2 is 1.97 bits per heavy atom. The van der Waals surface area contributed by atoms with Crippen molar-refractivity contribution in [3.8, 4) is 17.4 Å². The van der Waals surface area contributed by atoms with E-state index in [2.05, 4.69) is 20.4 Å². The van der Waals surface area contributed by atoms with Gasteiger partial charge in [-0.25, -0.2) is 4.98 Å². The van der Waals surface area contributed by atoms with Crippen molar-refractivity contribution in [2.45, 2.75) is 13.3 Å². The lowest BCUT2D eigenvalue weighted by molar-refractivity contribution is -0.122. The Bertz CT molecular complexity index is 1370. The fraction of sp³-hybridized carbons (Fsp3) is 0.174. The zero-order valence-electron chi connectivity index (χ0n) is 17.7. The molecule has 1 saturated heterocycles. The Kier molecular flexibility index (Phi) is 5.09. The van der Waals surface area contributed by atoms with Gasteiger partial charge in [-0.05, 0) is 31.2 Å². The van der Waals surface area contributed by atoms with E-state index in [4.69, 9.17) is 4.42 Å². The Balaban J connectivity index is 1.44. The van der Waals surface area contributed by atoms with Gasteiger partial charge in [0.2, 0.25) is 17.8 Å². The van der Waals surface area contributed by atoms with Crippen LogP contribution in [0.5, 0.6) is 0 Å². The van der Waals surface area contributed by atoms with Crippen molar-refractivity contribution in [2.24, 2.45) is 5.92 Å². The summed E-state index contributed by atoms with van der Waals surface area (Å²) in [5.74, 6) is -0.0461. The highest BCUT2D eigenvalue weighted by Crippen LogP contribution is 2.28. The number of benzene rings is 1. The third-order valence-corrected chi connectivity index (χ3v) is 5.36. The monoisotopic (exact) mass is 444 g/mol. The van der Waals surface area contributed by atoms with Gasteiger partial charge in [0, 0.05) is 36.5 Å². The molecule has 0 radical (unpaired) electrons. The normalized spacial score (nSPS) is 15.7. The molecule has 5 rings (SSSR count). The summed E-state index contributed by atoms with van der Waals surface area (Å²) in [5, 5.41) is 7.30. The second kappa shape index (κ2) is 8.23. The number of aromatic nitrogens is 4. The fourth-order valence-corrected chi connectivity index (χ4v) is 3.81. The molecule has 1 atom stereocenters. The van der Waals surface area contributed by atoms with Crippen LogP contribution in [0.25, 0.3) is 17.4 Å². The van der Waals surface area contributed by atoms with E-state index in [0.717, 1.165) is 5.69 Å². The summed E-state index contributed by atoms with van der Waals surface area (Å²) in [5.41, 5.74) is 1.36. The lowest BCUT2D eigenvalue weighted by Crippen LogP contribution is -2.28. The maximum Gasteiger partial charge on any atom is 0.252 e. The van der Waals surface area contributed by atoms with E-state index in [0.29, 0.717) is 23.0 Å². The molecule has 0 bridgehead atoms. The van der Waals surface area contributed by atoms with Crippen LogP contribution < -0.4 is 15.8 Å². The van der Waals surface area contributed by atoms with Crippen LogP contribution in [-0.2, 0) is 9.59 Å². The van der Waals surface area contributed by atoms with Crippen LogP contribution in [0.15, 0.2) is 70.1 Å². The van der Waals surface area contributed by atoms with Crippen molar-refractivity contribution in [3.63, 3.8) is 0 Å². The number of para-hydroxylation sites is 1. The maximum absolute atomic E-state index is 13.1. The van der Waals surface area contributed by atoms with Gasteiger partial charge >= 0.3 is 0 Å². The number of carbonyl (C=O) groups excluding carboxylic acids is 2. The molecule has 2 N–H and O–H groups in total. The van der Waals surface area contributed by atoms with Gasteiger partial charge in [0.15, 0.2) is 5.76 Å². The van der Waals surface area contributed by atoms with Gasteiger partial charge in [0.05, 0.1) is 12.2 Å². The van der Waals surface area contributed by atoms with Gasteiger partial charge in [0.25, 0.3) is 5.56 Å². The largest absolute Gasteiger partial charge is 0.463 e. The van der Waals surface area contributed by atoms with Gasteiger partial charge in [0.1, 0.15) is 11.5 Å². The summed E-state index contributed by atoms with van der Waals surface area (Å²) in [6.45, 7) is 1.96. The van der Waals surface area contributed by atoms with E-state index in [-0.39, 0.29) is 36.3 Å². The first-order valence-electron chi connectivity index (χ1n) is 10.4. The third-order valence-electron chi connectivity index (χ3n) is 5.36. The summed E-state index contributed by atoms with van der Waals surface area (Å²) < 4.78 is 6.76. The minimum absolute atomic E-state index is 0.0967. The fourth-order valence-electron chi connectivity index (χ4n) is 3.81. The molecule has 166 valence electrons. The highest BCUT2D eigenvalue weighted by molar-refractivity contribution is 6.03. The number of hydrogen-bond donors (Lipinski definition) is 2. The van der Waals surface area contributed by atoms with Crippen molar-refractivity contribution in [1.29, 1.82) is 0 Å². The van der Waals surface area contributed by atoms with E-state index in [1.165, 1.54) is 17.0 Å². The highest BCUT2D eigenvalue weighted by atomic mass is 16.3. The molecule has 0 unspecified atom stereocenters. The summed E-state index contributed by atoms with van der Waals surface area (Å²) in [6.07, 6.45) is 1.61. The lowest BCUT2D eigenvalue weighted by atomic mass is 10.1. The Labute approximate surface area is 187 Å². The number of anilines is 2. The molecule has 3 aromatic heterocycles. The molecular formula is C23H20N6O4. The zero-order chi connectivity index (χ0) is 22.9. The molecule has 4 heterocycles. The average Bonchev–Trinajstić information content (AvgIpc) is 3.53. The van der Waals surface area contributed by atoms with Crippen LogP contribution in [0.1, 0.15) is 12.1 Å². The number of amides is 2. The predicted octanol–water partition coefficient (Wildman–Crippen LogP) is 2.52. The van der Waals surface area contributed by atoms with E-state index in [9.17, 15) is 14.4 Å². The molecule has 1 aliphatic rings. The van der Waals surface area contributed by atoms with Gasteiger partial charge < -0.3 is 14.6 Å². The van der Waals surface area contributed by atoms with E-state index in [1.807, 2.05) is 30.3 Å². The van der Waals surface area contributed by atoms with Crippen molar-refractivity contribution in [2.75, 3.05) is 16.8 Å². The molecule has 1 aliphatic heterocycles. The SMILES string of the molecule is Cc1cc(=O)[nH]c(-n2nc(-c3ccco3)cc2NC(=O)[C@@H]2CC(=O)N(c3ccccc3)C2)n1. The highest BCUT2D eigenvalue weighted by Gasteiger charge is 2.35. The van der Waals surface area contributed by atoms with Crippen LogP contribution in [0, 0.1) is 12.8 Å². The minimum atomic E-state index is -0.544. The van der Waals surface area contributed by atoms with E-state index < -0.39 is 5.92 Å². The number of hydrogen-bond acceptors (Lipinski definition) is 6. The van der Waals surface area contributed by atoms with Crippen LogP contribution in [-0.4, -0.2) is 38.1 Å². The van der Waals surface area contributed by atoms with Gasteiger partial charge in [-0.1, -0.05) is 18.2 Å². The molecule has 1 fully saturated rings. The topological polar surface area (TPSA) is 126 Å². The Morgan fingerprint density at radius 3 is 2.70 bits per heavy atom. The molecule has 0 saturated carbocycles. The van der Waals surface area contributed by atoms with Crippen molar-refractivity contribution < 1.29 is 14.0 Å². The Morgan fingerprint density at radius 1 is 1.15 bits per heavy atom. The second-order valence-corrected chi connectivity index (χ2v) is 7.74. The standard InChI is InChI=1S/C23H20N6O4/c1-14-10-20(30)26-23(24-14)29-19(12-17(27-29)18-8-5-9-33-18)25-22(32)15-11-21(31)28(13-15)16-6-3-2-4-7-16/h2-10,12,15H,11,13H2,1H3,(H,25,32)(H,24,26,30)/t15-/m1/s1. The summed E-state index contributed by atoms with van der Waals surface area (Å²) >= 11 is 0. The summed E-state index contributed by atoms with van der Waals surface area (Å²) in [7, 11) is 0. The molecule has 4 aromatic rings. The van der Waals surface area contributed by atoms with Crippen molar-refractivity contribution in [3.05, 3.63) is 76.9 Å². The maximum atomic E-state index is 13.1. The van der Waals surface area contributed by atoms with Crippen LogP contribution in [0.4, 0.5) is 11.5 Å². The number of furan rings is 1. The van der Waals surface area contributed by atoms with E-state index >= 15 is 0 Å². The molecule has 0 spiro atoms. The summed E-state index contributed by atoms with van der Waals surface area (Å²) in [6, 6.07) is 15.7. The minimum Gasteiger partial charge on any atom is -0.463 e. The first-order chi connectivity index (χ1) is 16.0. The Hall–Kier alpha value is -4.47. The van der Waals surface area contributed by atoms with Gasteiger partial charge in [-0.15, -0.1) is 0 Å². The van der Waals surface area contributed by atoms with Crippen LogP contribution in [0.2, 0.25) is 0 Å². The number of nitrogens with one attached hydrogen (secondary N) is 2. The molecule has 0 aliphatic carbocycles. The second-order valence-electron chi connectivity index (χ2n) is 7.74. The molecule has 2 amide bonds. The number of aromatic amines is 1. The summed E-state index contributed by atoms with van der Waals surface area (Å²) in [4.78, 5) is 46.2. The molecular weight excluding hydrogens is 424 g/mol. The van der Waals surface area contributed by atoms with Gasteiger partial charge in [-0.2, -0.15) is 9.78 Å². The van der Waals surface area contributed by atoms with Crippen molar-refractivity contribution >= 4 is 23.3 Å². The number of rotatable bonds is 5. The number of aryl methyl sites for hydroxylation is 1. The smallest absolute Gasteiger partial charge is 0.252 e. The third kappa shape index (κ3) is 4.05. The first kappa shape index (κ1) is 20.4. The van der Waals surface area contributed by atoms with Crippen LogP contribution >= 0.6 is 0 Å². The number of nitrogens with zero attached hydrogens (tertiary/aromatic N) is 4. The number of H-pyrrole nitrogens is 1. The van der Waals surface area contributed by atoms with Crippen molar-refractivity contribution in [1.82, 2.24) is 19.7 Å². The first-order valence-corrected chi connectivity index (χ1v) is 10.4. The average molecular weight is 444 g/mol. The van der Waals surface area contributed by atoms with E-state index in [1.54, 1.807) is 30.0 Å². The lowest BCUT2D eigenvalue weighted by Gasteiger charge is -2.16. The zero-order valence-corrected chi connectivity index (χ0v) is 17.7. The molecule has 33 heavy (non-hydrogen) atoms. The molecule has 1 aromatic carbocycles. The predicted molar refractivity (Wildman–Crippen MR) is 120 cm³/mol. The quantitative estimate of drug-likeness (QED) is 0.487. The molecule has 10 nitrogen and oxygen atoms in total.